The van der Waals surface area contributed by atoms with E-state index in [-0.39, 0.29) is 6.61 Å². The summed E-state index contributed by atoms with van der Waals surface area (Å²) >= 11 is 5.68. The van der Waals surface area contributed by atoms with Gasteiger partial charge in [0.25, 0.3) is 0 Å². The smallest absolute Gasteiger partial charge is 0.148 e. The molecule has 0 N–H and O–H groups in total. The number of aromatic nitrogens is 1. The number of alkyl halides is 1. The molecule has 0 aliphatic rings. The molecule has 0 aliphatic heterocycles. The molecule has 2 nitrogen and oxygen atoms in total. The molecule has 0 spiro atoms. The second-order valence-electron chi connectivity index (χ2n) is 2.51. The zero-order chi connectivity index (χ0) is 9.68. The molecule has 0 fully saturated rings. The van der Waals surface area contributed by atoms with E-state index in [1.54, 1.807) is 12.3 Å². The second-order valence-corrected chi connectivity index (χ2v) is 2.77. The van der Waals surface area contributed by atoms with Gasteiger partial charge in [-0.25, -0.2) is 0 Å². The third-order valence-electron chi connectivity index (χ3n) is 1.70. The van der Waals surface area contributed by atoms with Gasteiger partial charge in [-0.2, -0.15) is 0 Å². The highest BCUT2D eigenvalue weighted by Crippen LogP contribution is 2.20. The van der Waals surface area contributed by atoms with E-state index in [1.807, 2.05) is 6.92 Å². The summed E-state index contributed by atoms with van der Waals surface area (Å²) in [7, 11) is 0. The molecule has 0 saturated heterocycles. The zero-order valence-corrected chi connectivity index (χ0v) is 8.14. The van der Waals surface area contributed by atoms with Crippen molar-refractivity contribution in [2.24, 2.45) is 0 Å². The highest BCUT2D eigenvalue weighted by molar-refractivity contribution is 6.17. The first-order valence-electron chi connectivity index (χ1n) is 3.86. The number of hydrogen-bond acceptors (Lipinski definition) is 2. The van der Waals surface area contributed by atoms with Gasteiger partial charge >= 0.3 is 0 Å². The molecular weight excluding hydrogens is 186 g/mol. The Kier molecular flexibility index (Phi) is 3.60. The van der Waals surface area contributed by atoms with E-state index < -0.39 is 0 Å². The van der Waals surface area contributed by atoms with Crippen LogP contribution in [0.5, 0.6) is 5.75 Å². The van der Waals surface area contributed by atoms with Crippen molar-refractivity contribution in [1.29, 1.82) is 0 Å². The summed E-state index contributed by atoms with van der Waals surface area (Å²) in [6, 6.07) is 1.78. The first-order valence-corrected chi connectivity index (χ1v) is 4.39. The van der Waals surface area contributed by atoms with E-state index in [2.05, 4.69) is 10.9 Å². The average molecular weight is 196 g/mol. The fourth-order valence-electron chi connectivity index (χ4n) is 0.969. The number of hydrogen-bond donors (Lipinski definition) is 0. The van der Waals surface area contributed by atoms with Gasteiger partial charge in [0.1, 0.15) is 12.4 Å². The van der Waals surface area contributed by atoms with Crippen molar-refractivity contribution in [3.8, 4) is 18.1 Å². The summed E-state index contributed by atoms with van der Waals surface area (Å²) in [5.74, 6) is 3.55. The van der Waals surface area contributed by atoms with Gasteiger partial charge < -0.3 is 4.74 Å². The minimum absolute atomic E-state index is 0.270. The Labute approximate surface area is 82.9 Å². The molecule has 68 valence electrons. The standard InChI is InChI=1S/C10H10ClNO/c1-3-6-13-10-4-5-12-9(7-11)8(10)2/h1,4-5H,6-7H2,2H3. The maximum Gasteiger partial charge on any atom is 0.148 e. The number of rotatable bonds is 3. The summed E-state index contributed by atoms with van der Waals surface area (Å²) in [6.45, 7) is 2.18. The molecule has 0 radical (unpaired) electrons. The van der Waals surface area contributed by atoms with E-state index in [9.17, 15) is 0 Å². The predicted octanol–water partition coefficient (Wildman–Crippen LogP) is 2.14. The Hall–Kier alpha value is -1.20. The average Bonchev–Trinajstić information content (AvgIpc) is 2.16. The summed E-state index contributed by atoms with van der Waals surface area (Å²) in [4.78, 5) is 4.10. The van der Waals surface area contributed by atoms with Crippen LogP contribution in [0.2, 0.25) is 0 Å². The van der Waals surface area contributed by atoms with E-state index in [1.165, 1.54) is 0 Å². The summed E-state index contributed by atoms with van der Waals surface area (Å²) < 4.78 is 5.29. The fourth-order valence-corrected chi connectivity index (χ4v) is 1.24. The highest BCUT2D eigenvalue weighted by Gasteiger charge is 2.04. The maximum atomic E-state index is 5.68. The normalized spacial score (nSPS) is 9.31. The van der Waals surface area contributed by atoms with Gasteiger partial charge in [0.05, 0.1) is 11.6 Å². The summed E-state index contributed by atoms with van der Waals surface area (Å²) in [6.07, 6.45) is 6.74. The molecule has 0 amide bonds. The van der Waals surface area contributed by atoms with Crippen molar-refractivity contribution >= 4 is 11.6 Å². The molecule has 1 aromatic rings. The number of pyridine rings is 1. The van der Waals surface area contributed by atoms with Crippen molar-refractivity contribution in [1.82, 2.24) is 4.98 Å². The lowest BCUT2D eigenvalue weighted by Crippen LogP contribution is -1.99. The molecule has 0 aliphatic carbocycles. The van der Waals surface area contributed by atoms with Gasteiger partial charge in [-0.3, -0.25) is 4.98 Å². The van der Waals surface area contributed by atoms with Crippen LogP contribution in [-0.4, -0.2) is 11.6 Å². The second kappa shape index (κ2) is 4.74. The third-order valence-corrected chi connectivity index (χ3v) is 1.95. The third kappa shape index (κ3) is 2.37. The number of ether oxygens (including phenoxy) is 1. The van der Waals surface area contributed by atoms with Crippen LogP contribution in [0.15, 0.2) is 12.3 Å². The Morgan fingerprint density at radius 2 is 2.46 bits per heavy atom. The van der Waals surface area contributed by atoms with Crippen LogP contribution in [0.4, 0.5) is 0 Å². The van der Waals surface area contributed by atoms with Gasteiger partial charge in [-0.15, -0.1) is 18.0 Å². The molecule has 1 rings (SSSR count). The summed E-state index contributed by atoms with van der Waals surface area (Å²) in [5.41, 5.74) is 1.78. The first kappa shape index (κ1) is 9.88. The fraction of sp³-hybridized carbons (Fsp3) is 0.300. The zero-order valence-electron chi connectivity index (χ0n) is 7.38. The number of nitrogens with zero attached hydrogens (tertiary/aromatic N) is 1. The van der Waals surface area contributed by atoms with Crippen LogP contribution in [0.1, 0.15) is 11.3 Å². The monoisotopic (exact) mass is 195 g/mol. The minimum atomic E-state index is 0.270. The van der Waals surface area contributed by atoms with Crippen LogP contribution < -0.4 is 4.74 Å². The molecule has 0 bridgehead atoms. The van der Waals surface area contributed by atoms with Gasteiger partial charge in [0, 0.05) is 11.8 Å². The van der Waals surface area contributed by atoms with Crippen molar-refractivity contribution in [3.63, 3.8) is 0 Å². The SMILES string of the molecule is C#CCOc1ccnc(CCl)c1C. The molecule has 1 heterocycles. The Bertz CT molecular complexity index is 330. The first-order chi connectivity index (χ1) is 6.29. The molecule has 13 heavy (non-hydrogen) atoms. The highest BCUT2D eigenvalue weighted by atomic mass is 35.5. The molecule has 0 unspecified atom stereocenters. The number of halogens is 1. The molecule has 0 aromatic carbocycles. The van der Waals surface area contributed by atoms with E-state index in [4.69, 9.17) is 22.8 Å². The quantitative estimate of drug-likeness (QED) is 0.545. The van der Waals surface area contributed by atoms with Crippen molar-refractivity contribution < 1.29 is 4.74 Å². The Morgan fingerprint density at radius 3 is 3.08 bits per heavy atom. The van der Waals surface area contributed by atoms with Gasteiger partial charge in [0.15, 0.2) is 0 Å². The topological polar surface area (TPSA) is 22.1 Å². The van der Waals surface area contributed by atoms with Crippen LogP contribution in [0.25, 0.3) is 0 Å². The molecule has 1 aromatic heterocycles. The molecular formula is C10H10ClNO. The Balaban J connectivity index is 2.89. The predicted molar refractivity (Wildman–Crippen MR) is 52.9 cm³/mol. The molecule has 3 heteroatoms. The Morgan fingerprint density at radius 1 is 1.69 bits per heavy atom. The van der Waals surface area contributed by atoms with Gasteiger partial charge in [0.2, 0.25) is 0 Å². The van der Waals surface area contributed by atoms with Crippen LogP contribution in [0, 0.1) is 19.3 Å². The van der Waals surface area contributed by atoms with E-state index in [0.717, 1.165) is 17.0 Å². The van der Waals surface area contributed by atoms with Crippen molar-refractivity contribution in [3.05, 3.63) is 23.5 Å². The van der Waals surface area contributed by atoms with Crippen LogP contribution >= 0.6 is 11.6 Å². The van der Waals surface area contributed by atoms with E-state index in [0.29, 0.717) is 5.88 Å². The van der Waals surface area contributed by atoms with Gasteiger partial charge in [-0.05, 0) is 13.0 Å². The lowest BCUT2D eigenvalue weighted by Gasteiger charge is -2.07. The minimum Gasteiger partial charge on any atom is -0.481 e. The van der Waals surface area contributed by atoms with Crippen molar-refractivity contribution in [2.75, 3.05) is 6.61 Å². The van der Waals surface area contributed by atoms with Gasteiger partial charge in [-0.1, -0.05) is 5.92 Å². The maximum absolute atomic E-state index is 5.68. The lowest BCUT2D eigenvalue weighted by atomic mass is 10.2. The van der Waals surface area contributed by atoms with Crippen LogP contribution in [0.3, 0.4) is 0 Å². The lowest BCUT2D eigenvalue weighted by molar-refractivity contribution is 0.366. The number of terminal acetylenes is 1. The molecule has 0 saturated carbocycles. The van der Waals surface area contributed by atoms with E-state index >= 15 is 0 Å². The largest absolute Gasteiger partial charge is 0.481 e. The summed E-state index contributed by atoms with van der Waals surface area (Å²) in [5, 5.41) is 0. The van der Waals surface area contributed by atoms with Crippen molar-refractivity contribution in [2.45, 2.75) is 12.8 Å². The molecule has 0 atom stereocenters. The van der Waals surface area contributed by atoms with Crippen LogP contribution in [-0.2, 0) is 5.88 Å².